The molecular formula is C23H20N2O7. The second-order valence-electron chi connectivity index (χ2n) is 6.29. The molecule has 0 heterocycles. The molecule has 1 aliphatic rings. The van der Waals surface area contributed by atoms with E-state index >= 15 is 0 Å². The molecule has 0 fully saturated rings. The number of carbonyl (C=O) groups excluding carboxylic acids is 2. The number of ether oxygens (including phenoxy) is 3. The van der Waals surface area contributed by atoms with E-state index in [1.807, 2.05) is 0 Å². The maximum absolute atomic E-state index is 12.3. The molecule has 32 heavy (non-hydrogen) atoms. The van der Waals surface area contributed by atoms with Crippen molar-refractivity contribution in [2.45, 2.75) is 0 Å². The first-order valence-electron chi connectivity index (χ1n) is 9.34. The molecule has 1 aliphatic carbocycles. The predicted molar refractivity (Wildman–Crippen MR) is 117 cm³/mol. The first-order chi connectivity index (χ1) is 15.5. The minimum Gasteiger partial charge on any atom is -0.497 e. The average molecular weight is 436 g/mol. The zero-order valence-corrected chi connectivity index (χ0v) is 17.6. The predicted octanol–water partition coefficient (Wildman–Crippen LogP) is 3.56. The van der Waals surface area contributed by atoms with Gasteiger partial charge < -0.3 is 23.9 Å². The smallest absolute Gasteiger partial charge is 0.366 e. The van der Waals surface area contributed by atoms with Crippen molar-refractivity contribution in [2.24, 2.45) is 10.3 Å². The Morgan fingerprint density at radius 2 is 1.09 bits per heavy atom. The van der Waals surface area contributed by atoms with Crippen molar-refractivity contribution >= 4 is 23.4 Å². The van der Waals surface area contributed by atoms with Gasteiger partial charge in [-0.15, -0.1) is 0 Å². The second kappa shape index (κ2) is 10.6. The summed E-state index contributed by atoms with van der Waals surface area (Å²) in [4.78, 5) is 34.3. The van der Waals surface area contributed by atoms with E-state index < -0.39 is 11.9 Å². The summed E-state index contributed by atoms with van der Waals surface area (Å²) in [5, 5.41) is 7.59. The van der Waals surface area contributed by atoms with Gasteiger partial charge in [0.25, 0.3) is 0 Å². The van der Waals surface area contributed by atoms with Crippen LogP contribution < -0.4 is 14.2 Å². The Labute approximate surface area is 184 Å². The lowest BCUT2D eigenvalue weighted by Crippen LogP contribution is -2.07. The Morgan fingerprint density at radius 3 is 1.59 bits per heavy atom. The van der Waals surface area contributed by atoms with E-state index in [9.17, 15) is 9.59 Å². The summed E-state index contributed by atoms with van der Waals surface area (Å²) in [5.41, 5.74) is 1.28. The minimum atomic E-state index is -0.678. The number of hydrogen-bond acceptors (Lipinski definition) is 9. The summed E-state index contributed by atoms with van der Waals surface area (Å²) in [5.74, 6) is 0.132. The first-order valence-corrected chi connectivity index (χ1v) is 9.34. The molecule has 0 aromatic heterocycles. The third-order valence-electron chi connectivity index (χ3n) is 4.21. The van der Waals surface area contributed by atoms with Crippen molar-refractivity contribution in [2.75, 3.05) is 21.3 Å². The van der Waals surface area contributed by atoms with Gasteiger partial charge in [0.2, 0.25) is 0 Å². The van der Waals surface area contributed by atoms with Gasteiger partial charge in [0.1, 0.15) is 28.7 Å². The highest BCUT2D eigenvalue weighted by atomic mass is 16.7. The fraction of sp³-hybridized carbons (Fsp3) is 0.130. The monoisotopic (exact) mass is 436 g/mol. The van der Waals surface area contributed by atoms with Gasteiger partial charge in [-0.3, -0.25) is 0 Å². The van der Waals surface area contributed by atoms with Crippen LogP contribution >= 0.6 is 0 Å². The minimum absolute atomic E-state index is 0.223. The number of benzene rings is 2. The molecule has 0 radical (unpaired) electrons. The van der Waals surface area contributed by atoms with Gasteiger partial charge in [0.05, 0.1) is 32.5 Å². The Hall–Kier alpha value is -4.40. The highest BCUT2D eigenvalue weighted by molar-refractivity contribution is 6.18. The number of carbonyl (C=O) groups is 2. The SMILES string of the molecule is COc1cccc(C(=O)ON=C2C=CC(=NOC(=O)c3cc(OC)cc(OC)c3)C=C2)c1. The van der Waals surface area contributed by atoms with Crippen LogP contribution in [0.25, 0.3) is 0 Å². The van der Waals surface area contributed by atoms with Crippen molar-refractivity contribution in [3.63, 3.8) is 0 Å². The molecular weight excluding hydrogens is 416 g/mol. The van der Waals surface area contributed by atoms with E-state index in [2.05, 4.69) is 10.3 Å². The van der Waals surface area contributed by atoms with Crippen molar-refractivity contribution < 1.29 is 33.5 Å². The molecule has 9 nitrogen and oxygen atoms in total. The van der Waals surface area contributed by atoms with Gasteiger partial charge in [-0.2, -0.15) is 0 Å². The van der Waals surface area contributed by atoms with Gasteiger partial charge in [-0.05, 0) is 54.6 Å². The van der Waals surface area contributed by atoms with E-state index in [4.69, 9.17) is 23.9 Å². The van der Waals surface area contributed by atoms with Crippen LogP contribution in [0, 0.1) is 0 Å². The molecule has 0 aliphatic heterocycles. The molecule has 2 aromatic carbocycles. The summed E-state index contributed by atoms with van der Waals surface area (Å²) in [6.07, 6.45) is 6.22. The quantitative estimate of drug-likeness (QED) is 0.371. The summed E-state index contributed by atoms with van der Waals surface area (Å²) in [6, 6.07) is 11.2. The normalized spacial score (nSPS) is 12.1. The Balaban J connectivity index is 1.59. The molecule has 0 atom stereocenters. The van der Waals surface area contributed by atoms with E-state index in [1.54, 1.807) is 54.6 Å². The van der Waals surface area contributed by atoms with Crippen molar-refractivity contribution in [1.82, 2.24) is 0 Å². The molecule has 0 saturated heterocycles. The first kappa shape index (κ1) is 22.3. The number of methoxy groups -OCH3 is 3. The standard InChI is InChI=1S/C23H20N2O7/c1-28-19-6-4-5-15(11-19)22(26)31-24-17-7-9-18(10-8-17)25-32-23(27)16-12-20(29-2)14-21(13-16)30-3/h4-14H,1-3H3. The van der Waals surface area contributed by atoms with Crippen molar-refractivity contribution in [3.8, 4) is 17.2 Å². The van der Waals surface area contributed by atoms with E-state index in [0.29, 0.717) is 34.2 Å². The van der Waals surface area contributed by atoms with Gasteiger partial charge in [-0.1, -0.05) is 16.4 Å². The van der Waals surface area contributed by atoms with Crippen LogP contribution in [-0.4, -0.2) is 44.7 Å². The van der Waals surface area contributed by atoms with Gasteiger partial charge in [0.15, 0.2) is 0 Å². The summed E-state index contributed by atoms with van der Waals surface area (Å²) < 4.78 is 15.3. The van der Waals surface area contributed by atoms with Crippen molar-refractivity contribution in [1.29, 1.82) is 0 Å². The fourth-order valence-electron chi connectivity index (χ4n) is 2.54. The maximum atomic E-state index is 12.3. The number of oxime groups is 2. The highest BCUT2D eigenvalue weighted by Gasteiger charge is 2.13. The van der Waals surface area contributed by atoms with Crippen LogP contribution in [-0.2, 0) is 9.68 Å². The molecule has 0 N–H and O–H groups in total. The van der Waals surface area contributed by atoms with Crippen LogP contribution in [0.1, 0.15) is 20.7 Å². The van der Waals surface area contributed by atoms with Crippen LogP contribution in [0.3, 0.4) is 0 Å². The third-order valence-corrected chi connectivity index (χ3v) is 4.21. The van der Waals surface area contributed by atoms with E-state index in [0.717, 1.165) is 0 Å². The number of nitrogens with zero attached hydrogens (tertiary/aromatic N) is 2. The lowest BCUT2D eigenvalue weighted by molar-refractivity contribution is 0.0507. The van der Waals surface area contributed by atoms with Crippen LogP contribution in [0.5, 0.6) is 17.2 Å². The fourth-order valence-corrected chi connectivity index (χ4v) is 2.54. The Morgan fingerprint density at radius 1 is 0.625 bits per heavy atom. The second-order valence-corrected chi connectivity index (χ2v) is 6.29. The number of rotatable bonds is 7. The van der Waals surface area contributed by atoms with Crippen molar-refractivity contribution in [3.05, 3.63) is 77.9 Å². The molecule has 164 valence electrons. The lowest BCUT2D eigenvalue weighted by atomic mass is 10.1. The average Bonchev–Trinajstić information content (AvgIpc) is 2.85. The largest absolute Gasteiger partial charge is 0.497 e. The molecule has 0 amide bonds. The Bertz CT molecular complexity index is 1090. The lowest BCUT2D eigenvalue weighted by Gasteiger charge is -2.07. The van der Waals surface area contributed by atoms with Crippen LogP contribution in [0.15, 0.2) is 77.1 Å². The maximum Gasteiger partial charge on any atom is 0.366 e. The molecule has 2 aromatic rings. The third kappa shape index (κ3) is 5.82. The van der Waals surface area contributed by atoms with Gasteiger partial charge in [0, 0.05) is 6.07 Å². The topological polar surface area (TPSA) is 105 Å². The van der Waals surface area contributed by atoms with E-state index in [-0.39, 0.29) is 5.56 Å². The van der Waals surface area contributed by atoms with Crippen LogP contribution in [0.4, 0.5) is 0 Å². The van der Waals surface area contributed by atoms with Crippen LogP contribution in [0.2, 0.25) is 0 Å². The summed E-state index contributed by atoms with van der Waals surface area (Å²) >= 11 is 0. The number of allylic oxidation sites excluding steroid dienone is 4. The molecule has 9 heteroatoms. The highest BCUT2D eigenvalue weighted by Crippen LogP contribution is 2.23. The van der Waals surface area contributed by atoms with E-state index in [1.165, 1.54) is 33.5 Å². The summed E-state index contributed by atoms with van der Waals surface area (Å²) in [6.45, 7) is 0. The molecule has 0 saturated carbocycles. The van der Waals surface area contributed by atoms with Gasteiger partial charge in [-0.25, -0.2) is 9.59 Å². The molecule has 0 unspecified atom stereocenters. The molecule has 3 rings (SSSR count). The van der Waals surface area contributed by atoms with Gasteiger partial charge >= 0.3 is 11.9 Å². The zero-order chi connectivity index (χ0) is 22.9. The zero-order valence-electron chi connectivity index (χ0n) is 17.6. The Kier molecular flexibility index (Phi) is 7.37. The summed E-state index contributed by atoms with van der Waals surface area (Å²) in [7, 11) is 4.47. The molecule has 0 spiro atoms. The number of hydrogen-bond donors (Lipinski definition) is 0. The molecule has 0 bridgehead atoms.